The normalized spacial score (nSPS) is 17.4. The van der Waals surface area contributed by atoms with Crippen molar-refractivity contribution in [2.24, 2.45) is 0 Å². The average Bonchev–Trinajstić information content (AvgIpc) is 1.83. The number of alkyl halides is 3. The molecule has 12 heavy (non-hydrogen) atoms. The predicted octanol–water partition coefficient (Wildman–Crippen LogP) is 2.42. The summed E-state index contributed by atoms with van der Waals surface area (Å²) in [5.74, 6) is 0. The first-order valence-electron chi connectivity index (χ1n) is 3.20. The molecule has 0 aliphatic heterocycles. The molecule has 0 aromatic carbocycles. The molecule has 0 aliphatic carbocycles. The summed E-state index contributed by atoms with van der Waals surface area (Å²) in [4.78, 5) is 0. The molecule has 0 rings (SSSR count). The van der Waals surface area contributed by atoms with Crippen LogP contribution in [0.3, 0.4) is 0 Å². The molecule has 1 unspecified atom stereocenters. The van der Waals surface area contributed by atoms with Gasteiger partial charge in [-0.25, -0.2) is 0 Å². The number of hydrogen-bond donors (Lipinski definition) is 0. The molecule has 0 aromatic rings. The van der Waals surface area contributed by atoms with Crippen LogP contribution in [0.1, 0.15) is 6.92 Å². The van der Waals surface area contributed by atoms with E-state index in [0.717, 1.165) is 6.66 Å². The predicted molar refractivity (Wildman–Crippen MR) is 37.2 cm³/mol. The average molecular weight is 206 g/mol. The van der Waals surface area contributed by atoms with Crippen LogP contribution in [0.5, 0.6) is 0 Å². The van der Waals surface area contributed by atoms with Crippen molar-refractivity contribution in [3.8, 4) is 0 Å². The molecule has 0 aromatic heterocycles. The van der Waals surface area contributed by atoms with Gasteiger partial charge in [-0.1, -0.05) is 0 Å². The fourth-order valence-corrected chi connectivity index (χ4v) is 1.39. The van der Waals surface area contributed by atoms with E-state index in [-0.39, 0.29) is 6.61 Å². The fraction of sp³-hybridized carbons (Fsp3) is 1.00. The van der Waals surface area contributed by atoms with Crippen LogP contribution in [-0.2, 0) is 13.6 Å². The highest BCUT2D eigenvalue weighted by Gasteiger charge is 2.31. The van der Waals surface area contributed by atoms with Crippen molar-refractivity contribution in [1.29, 1.82) is 0 Å². The summed E-state index contributed by atoms with van der Waals surface area (Å²) in [5.41, 5.74) is 0. The minimum Gasteiger partial charge on any atom is -0.309 e. The quantitative estimate of drug-likeness (QED) is 0.662. The topological polar surface area (TPSA) is 35.5 Å². The molecule has 7 heteroatoms. The fourth-order valence-electron chi connectivity index (χ4n) is 0.462. The molecule has 1 atom stereocenters. The van der Waals surface area contributed by atoms with Gasteiger partial charge in [-0.15, -0.1) is 0 Å². The zero-order chi connectivity index (χ0) is 9.83. The van der Waals surface area contributed by atoms with E-state index in [2.05, 4.69) is 9.05 Å². The lowest BCUT2D eigenvalue weighted by molar-refractivity contribution is -0.155. The Balaban J connectivity index is 3.84. The van der Waals surface area contributed by atoms with Gasteiger partial charge >= 0.3 is 13.8 Å². The van der Waals surface area contributed by atoms with Crippen molar-refractivity contribution in [3.63, 3.8) is 0 Å². The third-order valence-electron chi connectivity index (χ3n) is 0.826. The second-order valence-electron chi connectivity index (χ2n) is 2.08. The Morgan fingerprint density at radius 2 is 1.83 bits per heavy atom. The molecule has 0 bridgehead atoms. The molecule has 0 amide bonds. The lowest BCUT2D eigenvalue weighted by atomic mass is 10.7. The maximum atomic E-state index is 11.5. The standard InChI is InChI=1S/C5H10F3O3P/c1-3-10-12(2,9)11-4-5(6,7)8/h3-4H2,1-2H3. The van der Waals surface area contributed by atoms with E-state index in [1.807, 2.05) is 0 Å². The first-order chi connectivity index (χ1) is 5.27. The van der Waals surface area contributed by atoms with Gasteiger partial charge < -0.3 is 4.52 Å². The summed E-state index contributed by atoms with van der Waals surface area (Å²) in [6, 6.07) is 0. The summed E-state index contributed by atoms with van der Waals surface area (Å²) in [6.07, 6.45) is -4.47. The summed E-state index contributed by atoms with van der Waals surface area (Å²) in [6.45, 7) is 1.04. The summed E-state index contributed by atoms with van der Waals surface area (Å²) < 4.78 is 54.0. The van der Waals surface area contributed by atoms with Crippen molar-refractivity contribution in [2.75, 3.05) is 19.9 Å². The third-order valence-corrected chi connectivity index (χ3v) is 2.15. The lowest BCUT2D eigenvalue weighted by Gasteiger charge is -2.13. The molecule has 0 fully saturated rings. The Hall–Kier alpha value is -0.0600. The van der Waals surface area contributed by atoms with Gasteiger partial charge in [-0.2, -0.15) is 13.2 Å². The molecule has 0 spiro atoms. The molecule has 0 N–H and O–H groups in total. The van der Waals surface area contributed by atoms with Crippen LogP contribution in [-0.4, -0.2) is 26.1 Å². The van der Waals surface area contributed by atoms with Crippen molar-refractivity contribution < 1.29 is 26.8 Å². The van der Waals surface area contributed by atoms with Crippen LogP contribution < -0.4 is 0 Å². The van der Waals surface area contributed by atoms with Gasteiger partial charge in [0, 0.05) is 6.66 Å². The van der Waals surface area contributed by atoms with Gasteiger partial charge in [0.1, 0.15) is 0 Å². The second kappa shape index (κ2) is 4.25. The minimum absolute atomic E-state index is 0.0611. The molecular weight excluding hydrogens is 196 g/mol. The van der Waals surface area contributed by atoms with Gasteiger partial charge in [-0.3, -0.25) is 9.09 Å². The van der Waals surface area contributed by atoms with Crippen LogP contribution in [0.4, 0.5) is 13.2 Å². The van der Waals surface area contributed by atoms with Crippen molar-refractivity contribution >= 4 is 7.60 Å². The second-order valence-corrected chi connectivity index (χ2v) is 4.14. The monoisotopic (exact) mass is 206 g/mol. The Morgan fingerprint density at radius 3 is 2.17 bits per heavy atom. The number of rotatable bonds is 4. The number of halogens is 3. The first-order valence-corrected chi connectivity index (χ1v) is 5.19. The maximum Gasteiger partial charge on any atom is 0.412 e. The van der Waals surface area contributed by atoms with Gasteiger partial charge in [0.05, 0.1) is 6.61 Å². The minimum atomic E-state index is -4.47. The molecule has 0 aliphatic rings. The van der Waals surface area contributed by atoms with Crippen LogP contribution >= 0.6 is 7.60 Å². The highest BCUT2D eigenvalue weighted by molar-refractivity contribution is 7.52. The van der Waals surface area contributed by atoms with Crippen molar-refractivity contribution in [2.45, 2.75) is 13.1 Å². The Bertz CT molecular complexity index is 179. The lowest BCUT2D eigenvalue weighted by Crippen LogP contribution is -2.16. The largest absolute Gasteiger partial charge is 0.412 e. The van der Waals surface area contributed by atoms with Crippen LogP contribution in [0.15, 0.2) is 0 Å². The zero-order valence-electron chi connectivity index (χ0n) is 6.72. The molecule has 0 heterocycles. The van der Waals surface area contributed by atoms with E-state index in [4.69, 9.17) is 0 Å². The van der Waals surface area contributed by atoms with Gasteiger partial charge in [0.25, 0.3) is 0 Å². The summed E-state index contributed by atoms with van der Waals surface area (Å²) in [7, 11) is -3.51. The van der Waals surface area contributed by atoms with E-state index < -0.39 is 20.4 Å². The highest BCUT2D eigenvalue weighted by Crippen LogP contribution is 2.44. The van der Waals surface area contributed by atoms with E-state index in [0.29, 0.717) is 0 Å². The van der Waals surface area contributed by atoms with Crippen LogP contribution in [0.2, 0.25) is 0 Å². The first kappa shape index (κ1) is 11.9. The Morgan fingerprint density at radius 1 is 1.33 bits per heavy atom. The molecule has 0 saturated carbocycles. The van der Waals surface area contributed by atoms with Crippen LogP contribution in [0, 0.1) is 0 Å². The number of hydrogen-bond acceptors (Lipinski definition) is 3. The highest BCUT2D eigenvalue weighted by atomic mass is 31.2. The zero-order valence-corrected chi connectivity index (χ0v) is 7.61. The van der Waals surface area contributed by atoms with Gasteiger partial charge in [0.2, 0.25) is 0 Å². The Kier molecular flexibility index (Phi) is 4.23. The summed E-state index contributed by atoms with van der Waals surface area (Å²) >= 11 is 0. The van der Waals surface area contributed by atoms with E-state index in [1.54, 1.807) is 0 Å². The SMILES string of the molecule is CCOP(C)(=O)OCC(F)(F)F. The Labute approximate surface area is 68.4 Å². The molecule has 74 valence electrons. The molecular formula is C5H10F3O3P. The van der Waals surface area contributed by atoms with E-state index in [9.17, 15) is 17.7 Å². The van der Waals surface area contributed by atoms with E-state index in [1.165, 1.54) is 6.92 Å². The van der Waals surface area contributed by atoms with E-state index >= 15 is 0 Å². The summed E-state index contributed by atoms with van der Waals surface area (Å²) in [5, 5.41) is 0. The van der Waals surface area contributed by atoms with Crippen molar-refractivity contribution in [1.82, 2.24) is 0 Å². The maximum absolute atomic E-state index is 11.5. The van der Waals surface area contributed by atoms with Gasteiger partial charge in [-0.05, 0) is 6.92 Å². The van der Waals surface area contributed by atoms with Crippen molar-refractivity contribution in [3.05, 3.63) is 0 Å². The van der Waals surface area contributed by atoms with Gasteiger partial charge in [0.15, 0.2) is 6.61 Å². The molecule has 0 radical (unpaired) electrons. The molecule has 3 nitrogen and oxygen atoms in total. The van der Waals surface area contributed by atoms with Crippen LogP contribution in [0.25, 0.3) is 0 Å². The molecule has 0 saturated heterocycles. The third kappa shape index (κ3) is 6.64. The smallest absolute Gasteiger partial charge is 0.309 e.